The Morgan fingerprint density at radius 2 is 1.95 bits per heavy atom. The van der Waals surface area contributed by atoms with Gasteiger partial charge in [-0.1, -0.05) is 30.3 Å². The van der Waals surface area contributed by atoms with Crippen LogP contribution in [0.4, 0.5) is 4.39 Å². The summed E-state index contributed by atoms with van der Waals surface area (Å²) in [6.45, 7) is 1.61. The van der Waals surface area contributed by atoms with Crippen molar-refractivity contribution >= 4 is 5.97 Å². The molecule has 0 saturated carbocycles. The summed E-state index contributed by atoms with van der Waals surface area (Å²) in [5.74, 6) is -1.16. The number of nitrogens with zero attached hydrogens (tertiary/aromatic N) is 1. The standard InChI is InChI=1S/C15H14FNO3/c1-11(17-9-13(16)7-8-14(17)18)15(19)20-10-12-5-3-2-4-6-12/h2-9,11H,10H2,1H3. The Kier molecular flexibility index (Phi) is 4.30. The van der Waals surface area contributed by atoms with Crippen LogP contribution in [0.1, 0.15) is 18.5 Å². The predicted octanol–water partition coefficient (Wildman–Crippen LogP) is 2.29. The molecule has 20 heavy (non-hydrogen) atoms. The van der Waals surface area contributed by atoms with E-state index in [2.05, 4.69) is 0 Å². The van der Waals surface area contributed by atoms with Crippen molar-refractivity contribution in [2.24, 2.45) is 0 Å². The van der Waals surface area contributed by atoms with Gasteiger partial charge in [0.15, 0.2) is 0 Å². The predicted molar refractivity (Wildman–Crippen MR) is 71.6 cm³/mol. The number of hydrogen-bond acceptors (Lipinski definition) is 3. The molecule has 0 radical (unpaired) electrons. The summed E-state index contributed by atoms with van der Waals surface area (Å²) in [5.41, 5.74) is 0.398. The lowest BCUT2D eigenvalue weighted by atomic mass is 10.2. The zero-order chi connectivity index (χ0) is 14.5. The molecule has 4 nitrogen and oxygen atoms in total. The minimum atomic E-state index is -0.873. The first-order valence-electron chi connectivity index (χ1n) is 6.16. The van der Waals surface area contributed by atoms with E-state index in [1.807, 2.05) is 30.3 Å². The number of halogens is 1. The molecule has 5 heteroatoms. The molecule has 0 aliphatic rings. The van der Waals surface area contributed by atoms with E-state index in [0.717, 1.165) is 28.5 Å². The summed E-state index contributed by atoms with van der Waals surface area (Å²) in [5, 5.41) is 0. The SMILES string of the molecule is CC(C(=O)OCc1ccccc1)n1cc(F)ccc1=O. The van der Waals surface area contributed by atoms with Gasteiger partial charge in [-0.3, -0.25) is 9.36 Å². The van der Waals surface area contributed by atoms with Crippen LogP contribution in [0.2, 0.25) is 0 Å². The van der Waals surface area contributed by atoms with Crippen molar-refractivity contribution in [1.82, 2.24) is 4.57 Å². The summed E-state index contributed by atoms with van der Waals surface area (Å²) in [6, 6.07) is 10.4. The molecule has 104 valence electrons. The van der Waals surface area contributed by atoms with E-state index in [4.69, 9.17) is 4.74 Å². The third-order valence-electron chi connectivity index (χ3n) is 2.88. The van der Waals surface area contributed by atoms with Crippen LogP contribution in [0.5, 0.6) is 0 Å². The van der Waals surface area contributed by atoms with Crippen LogP contribution in [-0.2, 0) is 16.1 Å². The molecule has 2 aromatic rings. The van der Waals surface area contributed by atoms with Crippen LogP contribution in [-0.4, -0.2) is 10.5 Å². The van der Waals surface area contributed by atoms with E-state index < -0.39 is 23.4 Å². The quantitative estimate of drug-likeness (QED) is 0.804. The van der Waals surface area contributed by atoms with Gasteiger partial charge in [0.2, 0.25) is 0 Å². The first kappa shape index (κ1) is 14.0. The molecule has 1 aromatic heterocycles. The van der Waals surface area contributed by atoms with Crippen LogP contribution >= 0.6 is 0 Å². The molecule has 0 spiro atoms. The fourth-order valence-electron chi connectivity index (χ4n) is 1.74. The first-order valence-corrected chi connectivity index (χ1v) is 6.16. The number of esters is 1. The molecular formula is C15H14FNO3. The number of benzene rings is 1. The Bertz CT molecular complexity index is 652. The number of ether oxygens (including phenoxy) is 1. The van der Waals surface area contributed by atoms with Gasteiger partial charge in [0, 0.05) is 12.3 Å². The van der Waals surface area contributed by atoms with E-state index in [-0.39, 0.29) is 6.61 Å². The summed E-state index contributed by atoms with van der Waals surface area (Å²) in [6.07, 6.45) is 0.997. The van der Waals surface area contributed by atoms with Gasteiger partial charge >= 0.3 is 5.97 Å². The second kappa shape index (κ2) is 6.14. The molecule has 0 amide bonds. The van der Waals surface area contributed by atoms with E-state index in [1.54, 1.807) is 0 Å². The van der Waals surface area contributed by atoms with Crippen molar-refractivity contribution in [2.45, 2.75) is 19.6 Å². The highest BCUT2D eigenvalue weighted by molar-refractivity contribution is 5.73. The fourth-order valence-corrected chi connectivity index (χ4v) is 1.74. The van der Waals surface area contributed by atoms with Crippen molar-refractivity contribution in [3.05, 3.63) is 70.4 Å². The molecule has 1 unspecified atom stereocenters. The number of aromatic nitrogens is 1. The summed E-state index contributed by atoms with van der Waals surface area (Å²) < 4.78 is 19.2. The maximum atomic E-state index is 13.1. The average molecular weight is 275 g/mol. The van der Waals surface area contributed by atoms with Crippen LogP contribution in [0, 0.1) is 5.82 Å². The molecule has 1 atom stereocenters. The highest BCUT2D eigenvalue weighted by atomic mass is 19.1. The molecule has 0 N–H and O–H groups in total. The van der Waals surface area contributed by atoms with Crippen molar-refractivity contribution < 1.29 is 13.9 Å². The fraction of sp³-hybridized carbons (Fsp3) is 0.200. The number of carbonyl (C=O) groups is 1. The Labute approximate surface area is 115 Å². The molecule has 0 aliphatic heterocycles. The first-order chi connectivity index (χ1) is 9.58. The number of pyridine rings is 1. The summed E-state index contributed by atoms with van der Waals surface area (Å²) in [7, 11) is 0. The van der Waals surface area contributed by atoms with Gasteiger partial charge in [-0.05, 0) is 18.6 Å². The maximum Gasteiger partial charge on any atom is 0.329 e. The third kappa shape index (κ3) is 3.32. The van der Waals surface area contributed by atoms with Crippen LogP contribution in [0.15, 0.2) is 53.5 Å². The molecule has 0 saturated heterocycles. The van der Waals surface area contributed by atoms with Gasteiger partial charge in [-0.25, -0.2) is 9.18 Å². The monoisotopic (exact) mass is 275 g/mol. The molecule has 1 aromatic carbocycles. The summed E-state index contributed by atoms with van der Waals surface area (Å²) in [4.78, 5) is 23.5. The number of carbonyl (C=O) groups excluding carboxylic acids is 1. The summed E-state index contributed by atoms with van der Waals surface area (Å²) >= 11 is 0. The largest absolute Gasteiger partial charge is 0.459 e. The molecule has 0 fully saturated rings. The zero-order valence-corrected chi connectivity index (χ0v) is 11.0. The second-order valence-corrected chi connectivity index (χ2v) is 4.36. The van der Waals surface area contributed by atoms with E-state index in [9.17, 15) is 14.0 Å². The normalized spacial score (nSPS) is 11.9. The van der Waals surface area contributed by atoms with Crippen molar-refractivity contribution in [3.63, 3.8) is 0 Å². The number of rotatable bonds is 4. The highest BCUT2D eigenvalue weighted by Gasteiger charge is 2.18. The molecular weight excluding hydrogens is 261 g/mol. The lowest BCUT2D eigenvalue weighted by Crippen LogP contribution is -2.28. The topological polar surface area (TPSA) is 48.3 Å². The van der Waals surface area contributed by atoms with Gasteiger partial charge in [0.1, 0.15) is 18.5 Å². The van der Waals surface area contributed by atoms with E-state index in [0.29, 0.717) is 0 Å². The van der Waals surface area contributed by atoms with Gasteiger partial charge in [0.05, 0.1) is 0 Å². The lowest BCUT2D eigenvalue weighted by molar-refractivity contribution is -0.148. The van der Waals surface area contributed by atoms with Gasteiger partial charge in [-0.2, -0.15) is 0 Å². The van der Waals surface area contributed by atoms with Crippen LogP contribution in [0.25, 0.3) is 0 Å². The third-order valence-corrected chi connectivity index (χ3v) is 2.88. The second-order valence-electron chi connectivity index (χ2n) is 4.36. The molecule has 2 rings (SSSR count). The Morgan fingerprint density at radius 3 is 2.65 bits per heavy atom. The van der Waals surface area contributed by atoms with E-state index in [1.165, 1.54) is 6.92 Å². The Morgan fingerprint density at radius 1 is 1.25 bits per heavy atom. The zero-order valence-electron chi connectivity index (χ0n) is 11.0. The number of hydrogen-bond donors (Lipinski definition) is 0. The van der Waals surface area contributed by atoms with Gasteiger partial charge < -0.3 is 4.74 Å². The Balaban J connectivity index is 2.05. The van der Waals surface area contributed by atoms with Gasteiger partial charge in [0.25, 0.3) is 5.56 Å². The van der Waals surface area contributed by atoms with Gasteiger partial charge in [-0.15, -0.1) is 0 Å². The molecule has 0 aliphatic carbocycles. The van der Waals surface area contributed by atoms with E-state index >= 15 is 0 Å². The van der Waals surface area contributed by atoms with Crippen LogP contribution in [0.3, 0.4) is 0 Å². The smallest absolute Gasteiger partial charge is 0.329 e. The van der Waals surface area contributed by atoms with Crippen molar-refractivity contribution in [3.8, 4) is 0 Å². The molecule has 1 heterocycles. The minimum Gasteiger partial charge on any atom is -0.459 e. The van der Waals surface area contributed by atoms with Crippen molar-refractivity contribution in [2.75, 3.05) is 0 Å². The highest BCUT2D eigenvalue weighted by Crippen LogP contribution is 2.09. The van der Waals surface area contributed by atoms with Crippen LogP contribution < -0.4 is 5.56 Å². The van der Waals surface area contributed by atoms with Crippen molar-refractivity contribution in [1.29, 1.82) is 0 Å². The maximum absolute atomic E-state index is 13.1. The molecule has 0 bridgehead atoms. The average Bonchev–Trinajstić information content (AvgIpc) is 2.47. The Hall–Kier alpha value is -2.43. The minimum absolute atomic E-state index is 0.119. The lowest BCUT2D eigenvalue weighted by Gasteiger charge is -2.14.